The maximum Gasteiger partial charge on any atom is 0.271 e. The van der Waals surface area contributed by atoms with Crippen LogP contribution in [0.15, 0.2) is 18.3 Å². The second-order valence-corrected chi connectivity index (χ2v) is 6.00. The van der Waals surface area contributed by atoms with Crippen molar-refractivity contribution < 1.29 is 4.79 Å². The van der Waals surface area contributed by atoms with Crippen LogP contribution in [0.25, 0.3) is 0 Å². The quantitative estimate of drug-likeness (QED) is 0.766. The molecule has 2 aromatic rings. The second kappa shape index (κ2) is 6.83. The zero-order valence-electron chi connectivity index (χ0n) is 13.9. The van der Waals surface area contributed by atoms with Gasteiger partial charge in [-0.1, -0.05) is 0 Å². The molecule has 1 amide bonds. The zero-order chi connectivity index (χ0) is 17.1. The van der Waals surface area contributed by atoms with Gasteiger partial charge in [-0.3, -0.25) is 9.48 Å². The normalized spacial score (nSPS) is 13.9. The minimum absolute atomic E-state index is 0.142. The van der Waals surface area contributed by atoms with Crippen molar-refractivity contribution in [3.8, 4) is 0 Å². The number of nitrogens with zero attached hydrogens (tertiary/aromatic N) is 6. The zero-order valence-corrected chi connectivity index (χ0v) is 13.9. The van der Waals surface area contributed by atoms with Gasteiger partial charge in [-0.15, -0.1) is 0 Å². The summed E-state index contributed by atoms with van der Waals surface area (Å²) < 4.78 is 1.88. The molecule has 1 aliphatic heterocycles. The fourth-order valence-corrected chi connectivity index (χ4v) is 2.60. The van der Waals surface area contributed by atoms with Crippen molar-refractivity contribution in [1.82, 2.24) is 30.0 Å². The average molecular weight is 330 g/mol. The van der Waals surface area contributed by atoms with Crippen LogP contribution in [0.1, 0.15) is 16.2 Å². The van der Waals surface area contributed by atoms with Gasteiger partial charge >= 0.3 is 0 Å². The van der Waals surface area contributed by atoms with Crippen molar-refractivity contribution in [3.63, 3.8) is 0 Å². The Morgan fingerprint density at radius 1 is 1.42 bits per heavy atom. The molecule has 3 heterocycles. The predicted molar refractivity (Wildman–Crippen MR) is 90.6 cm³/mol. The molecule has 9 nitrogen and oxygen atoms in total. The van der Waals surface area contributed by atoms with E-state index >= 15 is 0 Å². The average Bonchev–Trinajstić information content (AvgIpc) is 2.97. The molecule has 0 radical (unpaired) electrons. The van der Waals surface area contributed by atoms with E-state index in [-0.39, 0.29) is 11.9 Å². The van der Waals surface area contributed by atoms with Gasteiger partial charge in [0.15, 0.2) is 5.69 Å². The molecule has 0 fully saturated rings. The number of hydrogen-bond donors (Lipinski definition) is 2. The molecule has 9 heteroatoms. The number of nitrogen functional groups attached to an aromatic ring is 1. The van der Waals surface area contributed by atoms with Crippen LogP contribution in [-0.4, -0.2) is 64.3 Å². The van der Waals surface area contributed by atoms with Gasteiger partial charge in [0, 0.05) is 25.8 Å². The van der Waals surface area contributed by atoms with Crippen molar-refractivity contribution >= 4 is 17.7 Å². The van der Waals surface area contributed by atoms with Crippen LogP contribution in [0.4, 0.5) is 11.8 Å². The lowest BCUT2D eigenvalue weighted by Crippen LogP contribution is -2.34. The van der Waals surface area contributed by atoms with Gasteiger partial charge in [-0.25, -0.2) is 4.98 Å². The van der Waals surface area contributed by atoms with Crippen molar-refractivity contribution in [1.29, 1.82) is 0 Å². The number of carbonyl (C=O) groups is 1. The molecule has 0 atom stereocenters. The Labute approximate surface area is 140 Å². The fourth-order valence-electron chi connectivity index (χ4n) is 2.60. The van der Waals surface area contributed by atoms with Crippen molar-refractivity contribution in [2.45, 2.75) is 13.1 Å². The first-order valence-corrected chi connectivity index (χ1v) is 7.86. The molecule has 0 saturated heterocycles. The Balaban J connectivity index is 1.67. The van der Waals surface area contributed by atoms with E-state index < -0.39 is 0 Å². The Bertz CT molecular complexity index is 726. The van der Waals surface area contributed by atoms with Crippen molar-refractivity contribution in [2.24, 2.45) is 0 Å². The number of anilines is 2. The predicted octanol–water partition coefficient (Wildman–Crippen LogP) is -0.433. The summed E-state index contributed by atoms with van der Waals surface area (Å²) in [6, 6.07) is 3.67. The largest absolute Gasteiger partial charge is 0.368 e. The van der Waals surface area contributed by atoms with Gasteiger partial charge in [-0.2, -0.15) is 10.1 Å². The topological polar surface area (TPSA) is 105 Å². The molecule has 0 aromatic carbocycles. The lowest BCUT2D eigenvalue weighted by atomic mass is 10.2. The summed E-state index contributed by atoms with van der Waals surface area (Å²) in [7, 11) is 3.94. The third kappa shape index (κ3) is 3.62. The highest BCUT2D eigenvalue weighted by molar-refractivity contribution is 5.92. The molecule has 3 rings (SSSR count). The van der Waals surface area contributed by atoms with E-state index in [1.54, 1.807) is 6.20 Å². The van der Waals surface area contributed by atoms with E-state index in [1.807, 2.05) is 35.8 Å². The number of aromatic nitrogens is 4. The minimum Gasteiger partial charge on any atom is -0.368 e. The summed E-state index contributed by atoms with van der Waals surface area (Å²) in [4.78, 5) is 24.5. The van der Waals surface area contributed by atoms with Crippen LogP contribution in [0.3, 0.4) is 0 Å². The molecule has 0 unspecified atom stereocenters. The van der Waals surface area contributed by atoms with Crippen LogP contribution in [0, 0.1) is 0 Å². The second-order valence-electron chi connectivity index (χ2n) is 6.00. The minimum atomic E-state index is -0.142. The molecule has 0 bridgehead atoms. The maximum atomic E-state index is 12.2. The van der Waals surface area contributed by atoms with E-state index in [4.69, 9.17) is 5.73 Å². The van der Waals surface area contributed by atoms with E-state index in [9.17, 15) is 4.79 Å². The number of hydrogen-bond acceptors (Lipinski definition) is 7. The van der Waals surface area contributed by atoms with Gasteiger partial charge in [0.1, 0.15) is 5.82 Å². The Hall–Kier alpha value is -2.68. The van der Waals surface area contributed by atoms with Crippen LogP contribution in [-0.2, 0) is 13.1 Å². The smallest absolute Gasteiger partial charge is 0.271 e. The van der Waals surface area contributed by atoms with Gasteiger partial charge in [0.05, 0.1) is 18.8 Å². The Morgan fingerprint density at radius 3 is 3.00 bits per heavy atom. The fraction of sp³-hybridized carbons (Fsp3) is 0.467. The van der Waals surface area contributed by atoms with E-state index in [0.717, 1.165) is 24.6 Å². The van der Waals surface area contributed by atoms with E-state index in [2.05, 4.69) is 25.3 Å². The molecule has 24 heavy (non-hydrogen) atoms. The summed E-state index contributed by atoms with van der Waals surface area (Å²) in [5.74, 6) is 0.899. The van der Waals surface area contributed by atoms with E-state index in [0.29, 0.717) is 25.3 Å². The molecule has 1 aliphatic rings. The van der Waals surface area contributed by atoms with Crippen LogP contribution in [0.5, 0.6) is 0 Å². The number of nitrogens with two attached hydrogens (primary N) is 1. The standard InChI is InChI=1S/C15H22N8O/c1-21(2)6-5-17-14(24)12-9-11-10-22(7-8-23(11)20-12)13-3-4-18-15(16)19-13/h3-4,9H,5-8,10H2,1-2H3,(H,17,24)(H2,16,18,19). The number of fused-ring (bicyclic) bond motifs is 1. The number of nitrogens with one attached hydrogen (secondary N) is 1. The maximum absolute atomic E-state index is 12.2. The molecule has 2 aromatic heterocycles. The molecule has 3 N–H and O–H groups in total. The summed E-state index contributed by atoms with van der Waals surface area (Å²) >= 11 is 0. The monoisotopic (exact) mass is 330 g/mol. The van der Waals surface area contributed by atoms with Crippen LogP contribution in [0.2, 0.25) is 0 Å². The van der Waals surface area contributed by atoms with Gasteiger partial charge < -0.3 is 20.9 Å². The highest BCUT2D eigenvalue weighted by atomic mass is 16.1. The van der Waals surface area contributed by atoms with E-state index in [1.165, 1.54) is 0 Å². The summed E-state index contributed by atoms with van der Waals surface area (Å²) in [5.41, 5.74) is 7.08. The molecular formula is C15H22N8O. The molecule has 0 saturated carbocycles. The highest BCUT2D eigenvalue weighted by Gasteiger charge is 2.21. The molecule has 128 valence electrons. The van der Waals surface area contributed by atoms with Crippen LogP contribution < -0.4 is 16.0 Å². The lowest BCUT2D eigenvalue weighted by molar-refractivity contribution is 0.0945. The van der Waals surface area contributed by atoms with Gasteiger partial charge in [0.25, 0.3) is 5.91 Å². The Morgan fingerprint density at radius 2 is 2.25 bits per heavy atom. The first-order chi connectivity index (χ1) is 11.5. The Kier molecular flexibility index (Phi) is 4.61. The van der Waals surface area contributed by atoms with Gasteiger partial charge in [-0.05, 0) is 26.2 Å². The third-order valence-electron chi connectivity index (χ3n) is 3.86. The van der Waals surface area contributed by atoms with Crippen LogP contribution >= 0.6 is 0 Å². The third-order valence-corrected chi connectivity index (χ3v) is 3.86. The van der Waals surface area contributed by atoms with Crippen molar-refractivity contribution in [2.75, 3.05) is 44.4 Å². The number of carbonyl (C=O) groups excluding carboxylic acids is 1. The van der Waals surface area contributed by atoms with Gasteiger partial charge in [0.2, 0.25) is 5.95 Å². The number of rotatable bonds is 5. The summed E-state index contributed by atoms with van der Waals surface area (Å²) in [6.45, 7) is 3.48. The highest BCUT2D eigenvalue weighted by Crippen LogP contribution is 2.19. The first kappa shape index (κ1) is 16.2. The number of amides is 1. The molecule has 0 spiro atoms. The molecule has 0 aliphatic carbocycles. The lowest BCUT2D eigenvalue weighted by Gasteiger charge is -2.28. The summed E-state index contributed by atoms with van der Waals surface area (Å²) in [6.07, 6.45) is 1.65. The summed E-state index contributed by atoms with van der Waals surface area (Å²) in [5, 5.41) is 7.28. The SMILES string of the molecule is CN(C)CCNC(=O)c1cc2n(n1)CCN(c1ccnc(N)n1)C2. The van der Waals surface area contributed by atoms with Crippen molar-refractivity contribution in [3.05, 3.63) is 29.7 Å². The first-order valence-electron chi connectivity index (χ1n) is 7.86. The number of likely N-dealkylation sites (N-methyl/N-ethyl adjacent to an activating group) is 1. The molecular weight excluding hydrogens is 308 g/mol.